The minimum absolute atomic E-state index is 0.902. The van der Waals surface area contributed by atoms with Crippen LogP contribution in [0.1, 0.15) is 13.3 Å². The average molecular weight is 140 g/mol. The van der Waals surface area contributed by atoms with Crippen LogP contribution in [-0.2, 0) is 0 Å². The molecule has 0 saturated carbocycles. The Hall–Kier alpha value is -0.0800. The van der Waals surface area contributed by atoms with Gasteiger partial charge in [-0.1, -0.05) is 6.92 Å². The van der Waals surface area contributed by atoms with E-state index in [0.29, 0.717) is 0 Å². The summed E-state index contributed by atoms with van der Waals surface area (Å²) in [5.41, 5.74) is 0. The second-order valence-electron chi connectivity index (χ2n) is 3.37. The first-order chi connectivity index (χ1) is 4.90. The molecule has 2 saturated heterocycles. The van der Waals surface area contributed by atoms with Gasteiger partial charge in [0, 0.05) is 25.7 Å². The first-order valence-corrected chi connectivity index (χ1v) is 4.36. The summed E-state index contributed by atoms with van der Waals surface area (Å²) < 4.78 is 0. The van der Waals surface area contributed by atoms with E-state index in [1.165, 1.54) is 39.1 Å². The fraction of sp³-hybridized carbons (Fsp3) is 1.00. The van der Waals surface area contributed by atoms with Gasteiger partial charge in [-0.2, -0.15) is 0 Å². The lowest BCUT2D eigenvalue weighted by molar-refractivity contribution is 0.142. The molecule has 2 atom stereocenters. The third kappa shape index (κ3) is 0.956. The fourth-order valence-electron chi connectivity index (χ4n) is 2.18. The molecule has 2 rings (SSSR count). The van der Waals surface area contributed by atoms with Gasteiger partial charge in [-0.3, -0.25) is 4.90 Å². The summed E-state index contributed by atoms with van der Waals surface area (Å²) in [6.07, 6.45) is 1.41. The monoisotopic (exact) mass is 140 g/mol. The number of fused-ring (bicyclic) bond motifs is 2. The van der Waals surface area contributed by atoms with Crippen LogP contribution in [0, 0.1) is 0 Å². The Balaban J connectivity index is 2.00. The lowest BCUT2D eigenvalue weighted by Crippen LogP contribution is -2.46. The maximum Gasteiger partial charge on any atom is 0.0235 e. The molecule has 0 radical (unpaired) electrons. The number of hydrogen-bond acceptors (Lipinski definition) is 2. The summed E-state index contributed by atoms with van der Waals surface area (Å²) in [6, 6.07) is 0.902. The average Bonchev–Trinajstić information content (AvgIpc) is 2.34. The Labute approximate surface area is 62.8 Å². The fourth-order valence-corrected chi connectivity index (χ4v) is 2.18. The van der Waals surface area contributed by atoms with E-state index in [2.05, 4.69) is 16.7 Å². The largest absolute Gasteiger partial charge is 0.300 e. The Bertz CT molecular complexity index is 124. The number of likely N-dealkylation sites (N-methyl/N-ethyl adjacent to an activating group) is 1. The highest BCUT2D eigenvalue weighted by atomic mass is 15.3. The van der Waals surface area contributed by atoms with Gasteiger partial charge >= 0.3 is 0 Å². The molecule has 2 aliphatic rings. The number of hydrogen-bond donors (Lipinski definition) is 0. The van der Waals surface area contributed by atoms with Crippen molar-refractivity contribution >= 4 is 0 Å². The lowest BCUT2D eigenvalue weighted by atomic mass is 10.2. The van der Waals surface area contributed by atoms with Gasteiger partial charge in [-0.15, -0.1) is 0 Å². The number of rotatable bonds is 1. The van der Waals surface area contributed by atoms with Crippen molar-refractivity contribution in [2.24, 2.45) is 0 Å². The number of nitrogens with zero attached hydrogens (tertiary/aromatic N) is 2. The molecule has 0 aromatic rings. The van der Waals surface area contributed by atoms with Crippen molar-refractivity contribution in [2.75, 3.05) is 32.7 Å². The molecule has 0 aromatic carbocycles. The van der Waals surface area contributed by atoms with Gasteiger partial charge in [0.25, 0.3) is 0 Å². The van der Waals surface area contributed by atoms with Gasteiger partial charge in [0.15, 0.2) is 0 Å². The van der Waals surface area contributed by atoms with Gasteiger partial charge in [0.1, 0.15) is 0 Å². The zero-order valence-corrected chi connectivity index (χ0v) is 6.71. The molecule has 2 heterocycles. The quantitative estimate of drug-likeness (QED) is 0.520. The molecule has 58 valence electrons. The van der Waals surface area contributed by atoms with Crippen LogP contribution in [0.15, 0.2) is 0 Å². The van der Waals surface area contributed by atoms with Crippen LogP contribution in [-0.4, -0.2) is 48.6 Å². The van der Waals surface area contributed by atoms with Crippen LogP contribution in [0.5, 0.6) is 0 Å². The van der Waals surface area contributed by atoms with Gasteiger partial charge in [-0.05, 0) is 19.5 Å². The first-order valence-electron chi connectivity index (χ1n) is 4.36. The second kappa shape index (κ2) is 2.51. The van der Waals surface area contributed by atoms with Crippen molar-refractivity contribution in [1.82, 2.24) is 9.80 Å². The van der Waals surface area contributed by atoms with Crippen LogP contribution in [0.25, 0.3) is 0 Å². The van der Waals surface area contributed by atoms with Crippen molar-refractivity contribution in [3.8, 4) is 0 Å². The third-order valence-corrected chi connectivity index (χ3v) is 2.87. The van der Waals surface area contributed by atoms with Crippen LogP contribution >= 0.6 is 0 Å². The highest BCUT2D eigenvalue weighted by Crippen LogP contribution is 2.19. The van der Waals surface area contributed by atoms with Crippen molar-refractivity contribution in [3.63, 3.8) is 0 Å². The van der Waals surface area contributed by atoms with Gasteiger partial charge in [-0.25, -0.2) is 0 Å². The smallest absolute Gasteiger partial charge is 0.0235 e. The van der Waals surface area contributed by atoms with E-state index in [9.17, 15) is 0 Å². The van der Waals surface area contributed by atoms with Gasteiger partial charge in [0.2, 0.25) is 0 Å². The van der Waals surface area contributed by atoms with Crippen LogP contribution in [0.2, 0.25) is 0 Å². The van der Waals surface area contributed by atoms with Gasteiger partial charge < -0.3 is 4.90 Å². The summed E-state index contributed by atoms with van der Waals surface area (Å²) in [4.78, 5) is 5.19. The minimum Gasteiger partial charge on any atom is -0.300 e. The molecule has 2 heteroatoms. The molecule has 1 unspecified atom stereocenters. The molecule has 2 aliphatic heterocycles. The predicted octanol–water partition coefficient (Wildman–Crippen LogP) is 0.396. The SMILES string of the molecule is CCN1CCN2CC[C@@H]1C2. The summed E-state index contributed by atoms with van der Waals surface area (Å²) in [5.74, 6) is 0. The third-order valence-electron chi connectivity index (χ3n) is 2.87. The topological polar surface area (TPSA) is 6.48 Å². The molecule has 0 N–H and O–H groups in total. The van der Waals surface area contributed by atoms with Crippen molar-refractivity contribution < 1.29 is 0 Å². The first kappa shape index (κ1) is 6.62. The molecule has 2 fully saturated rings. The van der Waals surface area contributed by atoms with E-state index >= 15 is 0 Å². The van der Waals surface area contributed by atoms with Crippen molar-refractivity contribution in [1.29, 1.82) is 0 Å². The van der Waals surface area contributed by atoms with Crippen molar-refractivity contribution in [3.05, 3.63) is 0 Å². The van der Waals surface area contributed by atoms with Gasteiger partial charge in [0.05, 0.1) is 0 Å². The number of piperazine rings is 1. The van der Waals surface area contributed by atoms with Crippen LogP contribution in [0.4, 0.5) is 0 Å². The molecule has 0 aromatic heterocycles. The predicted molar refractivity (Wildman–Crippen MR) is 42.1 cm³/mol. The van der Waals surface area contributed by atoms with E-state index in [0.717, 1.165) is 6.04 Å². The highest BCUT2D eigenvalue weighted by Gasteiger charge is 2.30. The van der Waals surface area contributed by atoms with Crippen LogP contribution < -0.4 is 0 Å². The summed E-state index contributed by atoms with van der Waals surface area (Å²) in [7, 11) is 0. The summed E-state index contributed by atoms with van der Waals surface area (Å²) >= 11 is 0. The standard InChI is InChI=1S/C8H16N2/c1-2-10-6-5-9-4-3-8(10)7-9/h8H,2-7H2,1H3/t8-/m1/s1. The maximum absolute atomic E-state index is 2.61. The van der Waals surface area contributed by atoms with Crippen molar-refractivity contribution in [2.45, 2.75) is 19.4 Å². The molecule has 0 aliphatic carbocycles. The van der Waals surface area contributed by atoms with E-state index < -0.39 is 0 Å². The van der Waals surface area contributed by atoms with E-state index in [-0.39, 0.29) is 0 Å². The summed E-state index contributed by atoms with van der Waals surface area (Å²) in [5, 5.41) is 0. The lowest BCUT2D eigenvalue weighted by Gasteiger charge is -2.33. The molecule has 10 heavy (non-hydrogen) atoms. The highest BCUT2D eigenvalue weighted by molar-refractivity contribution is 4.87. The summed E-state index contributed by atoms with van der Waals surface area (Å²) in [6.45, 7) is 8.83. The normalized spacial score (nSPS) is 40.5. The second-order valence-corrected chi connectivity index (χ2v) is 3.37. The molecule has 0 amide bonds. The zero-order valence-electron chi connectivity index (χ0n) is 6.71. The molecule has 2 nitrogen and oxygen atoms in total. The van der Waals surface area contributed by atoms with E-state index in [1.807, 2.05) is 0 Å². The zero-order chi connectivity index (χ0) is 6.97. The Morgan fingerprint density at radius 1 is 1.30 bits per heavy atom. The maximum atomic E-state index is 2.61. The minimum atomic E-state index is 0.902. The Morgan fingerprint density at radius 3 is 3.00 bits per heavy atom. The van der Waals surface area contributed by atoms with Crippen LogP contribution in [0.3, 0.4) is 0 Å². The van der Waals surface area contributed by atoms with E-state index in [4.69, 9.17) is 0 Å². The molecule has 2 bridgehead atoms. The molecular weight excluding hydrogens is 124 g/mol. The van der Waals surface area contributed by atoms with E-state index in [1.54, 1.807) is 0 Å². The Morgan fingerprint density at radius 2 is 2.20 bits per heavy atom. The molecular formula is C8H16N2. The molecule has 0 spiro atoms. The Kier molecular flexibility index (Phi) is 1.66.